The van der Waals surface area contributed by atoms with Crippen LogP contribution in [0.2, 0.25) is 0 Å². The minimum Gasteiger partial charge on any atom is -0.267 e. The Labute approximate surface area is 172 Å². The van der Waals surface area contributed by atoms with Crippen molar-refractivity contribution < 1.29 is 19.2 Å². The molecule has 0 spiro atoms. The predicted molar refractivity (Wildman–Crippen MR) is 109 cm³/mol. The van der Waals surface area contributed by atoms with Crippen LogP contribution in [0.5, 0.6) is 0 Å². The van der Waals surface area contributed by atoms with Crippen LogP contribution >= 0.6 is 0 Å². The summed E-state index contributed by atoms with van der Waals surface area (Å²) < 4.78 is 0. The Morgan fingerprint density at radius 1 is 0.400 bits per heavy atom. The highest BCUT2D eigenvalue weighted by atomic mass is 16.2. The normalized spacial score (nSPS) is 9.87. The number of hydrogen-bond donors (Lipinski definition) is 4. The molecule has 150 valence electrons. The molecule has 0 saturated heterocycles. The van der Waals surface area contributed by atoms with Gasteiger partial charge in [0.2, 0.25) is 0 Å². The first-order chi connectivity index (χ1) is 14.5. The maximum atomic E-state index is 12.3. The largest absolute Gasteiger partial charge is 0.269 e. The van der Waals surface area contributed by atoms with Crippen LogP contribution in [0.4, 0.5) is 0 Å². The molecule has 0 aliphatic heterocycles. The van der Waals surface area contributed by atoms with E-state index in [0.29, 0.717) is 11.1 Å². The zero-order valence-corrected chi connectivity index (χ0v) is 15.7. The minimum atomic E-state index is -0.595. The molecule has 0 atom stereocenters. The van der Waals surface area contributed by atoms with Gasteiger partial charge in [-0.15, -0.1) is 0 Å². The van der Waals surface area contributed by atoms with E-state index in [1.165, 1.54) is 24.3 Å². The molecule has 0 aliphatic rings. The molecule has 0 heterocycles. The number of hydrogen-bond acceptors (Lipinski definition) is 4. The second kappa shape index (κ2) is 9.65. The Balaban J connectivity index is 1.56. The Kier molecular flexibility index (Phi) is 6.52. The highest BCUT2D eigenvalue weighted by molar-refractivity contribution is 6.02. The van der Waals surface area contributed by atoms with Crippen molar-refractivity contribution in [3.8, 4) is 0 Å². The van der Waals surface area contributed by atoms with E-state index < -0.39 is 23.6 Å². The average Bonchev–Trinajstić information content (AvgIpc) is 2.81. The van der Waals surface area contributed by atoms with Gasteiger partial charge in [0.1, 0.15) is 0 Å². The average molecular weight is 402 g/mol. The number of amides is 4. The molecule has 30 heavy (non-hydrogen) atoms. The van der Waals surface area contributed by atoms with E-state index in [9.17, 15) is 19.2 Å². The molecule has 0 bridgehead atoms. The zero-order valence-electron chi connectivity index (χ0n) is 15.7. The summed E-state index contributed by atoms with van der Waals surface area (Å²) in [6, 6.07) is 22.6. The van der Waals surface area contributed by atoms with Crippen LogP contribution in [-0.4, -0.2) is 23.6 Å². The van der Waals surface area contributed by atoms with Crippen molar-refractivity contribution in [2.75, 3.05) is 0 Å². The summed E-state index contributed by atoms with van der Waals surface area (Å²) in [6.07, 6.45) is 0. The van der Waals surface area contributed by atoms with Crippen LogP contribution in [0.3, 0.4) is 0 Å². The minimum absolute atomic E-state index is 0.158. The van der Waals surface area contributed by atoms with Crippen molar-refractivity contribution in [3.63, 3.8) is 0 Å². The van der Waals surface area contributed by atoms with Crippen LogP contribution in [-0.2, 0) is 0 Å². The third-order valence-corrected chi connectivity index (χ3v) is 4.04. The van der Waals surface area contributed by atoms with Gasteiger partial charge in [0.05, 0.1) is 0 Å². The Bertz CT molecular complexity index is 986. The molecular formula is C22H18N4O4. The second-order valence-electron chi connectivity index (χ2n) is 6.13. The van der Waals surface area contributed by atoms with E-state index in [-0.39, 0.29) is 11.1 Å². The molecule has 4 amide bonds. The number of hydrazine groups is 2. The molecule has 0 aliphatic carbocycles. The van der Waals surface area contributed by atoms with Gasteiger partial charge in [-0.25, -0.2) is 0 Å². The summed E-state index contributed by atoms with van der Waals surface area (Å²) in [7, 11) is 0. The predicted octanol–water partition coefficient (Wildman–Crippen LogP) is 1.84. The van der Waals surface area contributed by atoms with Crippen LogP contribution < -0.4 is 21.7 Å². The van der Waals surface area contributed by atoms with Crippen molar-refractivity contribution >= 4 is 23.6 Å². The lowest BCUT2D eigenvalue weighted by atomic mass is 10.1. The third kappa shape index (κ3) is 5.29. The van der Waals surface area contributed by atoms with Crippen LogP contribution in [0, 0.1) is 0 Å². The first kappa shape index (κ1) is 20.3. The van der Waals surface area contributed by atoms with Crippen molar-refractivity contribution in [2.45, 2.75) is 0 Å². The summed E-state index contributed by atoms with van der Waals surface area (Å²) in [6.45, 7) is 0. The lowest BCUT2D eigenvalue weighted by Gasteiger charge is -2.10. The third-order valence-electron chi connectivity index (χ3n) is 4.04. The summed E-state index contributed by atoms with van der Waals surface area (Å²) in [5.41, 5.74) is 10.3. The fourth-order valence-corrected chi connectivity index (χ4v) is 2.50. The molecule has 3 aromatic rings. The SMILES string of the molecule is O=C(NNC(=O)c1cccc(C(=O)NNC(=O)c2ccccc2)c1)c1ccccc1. The van der Waals surface area contributed by atoms with Crippen LogP contribution in [0.15, 0.2) is 84.9 Å². The van der Waals surface area contributed by atoms with Gasteiger partial charge in [-0.1, -0.05) is 42.5 Å². The van der Waals surface area contributed by atoms with Gasteiger partial charge in [0.25, 0.3) is 23.6 Å². The monoisotopic (exact) mass is 402 g/mol. The van der Waals surface area contributed by atoms with E-state index in [1.807, 2.05) is 0 Å². The Hall–Kier alpha value is -4.46. The molecule has 8 nitrogen and oxygen atoms in total. The van der Waals surface area contributed by atoms with E-state index in [2.05, 4.69) is 21.7 Å². The van der Waals surface area contributed by atoms with Crippen molar-refractivity contribution in [3.05, 3.63) is 107 Å². The molecule has 4 N–H and O–H groups in total. The summed E-state index contributed by atoms with van der Waals surface area (Å²) >= 11 is 0. The number of rotatable bonds is 4. The quantitative estimate of drug-likeness (QED) is 0.498. The maximum Gasteiger partial charge on any atom is 0.269 e. The van der Waals surface area contributed by atoms with Crippen molar-refractivity contribution in [1.29, 1.82) is 0 Å². The first-order valence-corrected chi connectivity index (χ1v) is 8.96. The van der Waals surface area contributed by atoms with Gasteiger partial charge < -0.3 is 0 Å². The summed E-state index contributed by atoms with van der Waals surface area (Å²) in [5.74, 6) is -2.13. The molecule has 0 aromatic heterocycles. The number of carbonyl (C=O) groups excluding carboxylic acids is 4. The fraction of sp³-hybridized carbons (Fsp3) is 0. The summed E-state index contributed by atoms with van der Waals surface area (Å²) in [5, 5.41) is 0. The van der Waals surface area contributed by atoms with Gasteiger partial charge in [-0.3, -0.25) is 40.9 Å². The van der Waals surface area contributed by atoms with Gasteiger partial charge in [0.15, 0.2) is 0 Å². The molecular weight excluding hydrogens is 384 g/mol. The Morgan fingerprint density at radius 3 is 1.07 bits per heavy atom. The van der Waals surface area contributed by atoms with Crippen molar-refractivity contribution in [2.24, 2.45) is 0 Å². The number of benzene rings is 3. The van der Waals surface area contributed by atoms with Gasteiger partial charge in [0, 0.05) is 22.3 Å². The zero-order chi connectivity index (χ0) is 21.3. The highest BCUT2D eigenvalue weighted by Crippen LogP contribution is 2.05. The summed E-state index contributed by atoms with van der Waals surface area (Å²) in [4.78, 5) is 48.5. The smallest absolute Gasteiger partial charge is 0.267 e. The molecule has 8 heteroatoms. The lowest BCUT2D eigenvalue weighted by Crippen LogP contribution is -2.42. The lowest BCUT2D eigenvalue weighted by molar-refractivity contribution is 0.0842. The molecule has 0 saturated carbocycles. The van der Waals surface area contributed by atoms with E-state index in [0.717, 1.165) is 0 Å². The van der Waals surface area contributed by atoms with Crippen LogP contribution in [0.1, 0.15) is 41.4 Å². The van der Waals surface area contributed by atoms with Gasteiger partial charge >= 0.3 is 0 Å². The second-order valence-corrected chi connectivity index (χ2v) is 6.13. The Morgan fingerprint density at radius 2 is 0.700 bits per heavy atom. The van der Waals surface area contributed by atoms with Gasteiger partial charge in [-0.05, 0) is 42.5 Å². The molecule has 0 fully saturated rings. The first-order valence-electron chi connectivity index (χ1n) is 8.96. The van der Waals surface area contributed by atoms with E-state index in [4.69, 9.17) is 0 Å². The highest BCUT2D eigenvalue weighted by Gasteiger charge is 2.13. The maximum absolute atomic E-state index is 12.3. The molecule has 0 radical (unpaired) electrons. The van der Waals surface area contributed by atoms with E-state index >= 15 is 0 Å². The van der Waals surface area contributed by atoms with Crippen molar-refractivity contribution in [1.82, 2.24) is 21.7 Å². The topological polar surface area (TPSA) is 116 Å². The standard InChI is InChI=1S/C22H18N4O4/c27-19(15-8-3-1-4-9-15)23-25-21(29)17-12-7-13-18(14-17)22(30)26-24-20(28)16-10-5-2-6-11-16/h1-14H,(H,23,27)(H,24,28)(H,25,29)(H,26,30). The number of nitrogens with one attached hydrogen (secondary N) is 4. The molecule has 0 unspecified atom stereocenters. The van der Waals surface area contributed by atoms with Crippen LogP contribution in [0.25, 0.3) is 0 Å². The molecule has 3 rings (SSSR count). The molecule has 3 aromatic carbocycles. The van der Waals surface area contributed by atoms with Gasteiger partial charge in [-0.2, -0.15) is 0 Å². The fourth-order valence-electron chi connectivity index (χ4n) is 2.50. The van der Waals surface area contributed by atoms with E-state index in [1.54, 1.807) is 60.7 Å². The number of carbonyl (C=O) groups is 4.